The average Bonchev–Trinajstić information content (AvgIpc) is 2.49. The number of aryl methyl sites for hydroxylation is 2. The van der Waals surface area contributed by atoms with Crippen molar-refractivity contribution in [3.05, 3.63) is 53.6 Å². The average molecular weight is 280 g/mol. The van der Waals surface area contributed by atoms with Crippen LogP contribution in [0.25, 0.3) is 21.5 Å². The van der Waals surface area contributed by atoms with Gasteiger partial charge in [0.25, 0.3) is 0 Å². The van der Waals surface area contributed by atoms with Gasteiger partial charge in [-0.15, -0.1) is 0 Å². The highest BCUT2D eigenvalue weighted by atomic mass is 16.7. The zero-order valence-corrected chi connectivity index (χ0v) is 12.3. The van der Waals surface area contributed by atoms with Crippen LogP contribution in [0.15, 0.2) is 42.5 Å². The maximum absolute atomic E-state index is 11.6. The van der Waals surface area contributed by atoms with Crippen molar-refractivity contribution in [3.63, 3.8) is 0 Å². The Kier molecular flexibility index (Phi) is 3.26. The van der Waals surface area contributed by atoms with E-state index in [4.69, 9.17) is 4.74 Å². The number of methoxy groups -OCH3 is 1. The van der Waals surface area contributed by atoms with Gasteiger partial charge in [-0.3, -0.25) is 0 Å². The number of fused-ring (bicyclic) bond motifs is 2. The normalized spacial score (nSPS) is 10.8. The van der Waals surface area contributed by atoms with Crippen LogP contribution in [0, 0.1) is 13.8 Å². The highest BCUT2D eigenvalue weighted by Crippen LogP contribution is 2.36. The van der Waals surface area contributed by atoms with Crippen molar-refractivity contribution < 1.29 is 14.3 Å². The second-order valence-corrected chi connectivity index (χ2v) is 5.14. The summed E-state index contributed by atoms with van der Waals surface area (Å²) in [7, 11) is 1.31. The summed E-state index contributed by atoms with van der Waals surface area (Å²) >= 11 is 0. The number of rotatable bonds is 1. The second-order valence-electron chi connectivity index (χ2n) is 5.14. The van der Waals surface area contributed by atoms with Gasteiger partial charge < -0.3 is 9.47 Å². The Hall–Kier alpha value is -2.55. The van der Waals surface area contributed by atoms with Crippen LogP contribution in [0.5, 0.6) is 5.75 Å². The molecule has 0 atom stereocenters. The summed E-state index contributed by atoms with van der Waals surface area (Å²) in [5, 5.41) is 3.91. The molecule has 0 aliphatic carbocycles. The molecule has 0 saturated carbocycles. The Bertz CT molecular complexity index is 850. The standard InChI is InChI=1S/C18H16O3/c1-11-8-14-10-13-6-4-5-7-15(13)17(21-18(19)20-3)16(14)9-12(11)2/h4-10H,1-3H3. The predicted octanol–water partition coefficient (Wildman–Crippen LogP) is 4.76. The number of carbonyl (C=O) groups is 1. The molecule has 0 radical (unpaired) electrons. The van der Waals surface area contributed by atoms with Crippen LogP contribution in [-0.2, 0) is 4.74 Å². The van der Waals surface area contributed by atoms with Crippen molar-refractivity contribution in [2.24, 2.45) is 0 Å². The fourth-order valence-corrected chi connectivity index (χ4v) is 2.53. The van der Waals surface area contributed by atoms with Gasteiger partial charge >= 0.3 is 6.16 Å². The van der Waals surface area contributed by atoms with E-state index in [1.165, 1.54) is 12.7 Å². The number of ether oxygens (including phenoxy) is 2. The maximum Gasteiger partial charge on any atom is 0.513 e. The third-order valence-corrected chi connectivity index (χ3v) is 3.78. The second kappa shape index (κ2) is 5.09. The highest BCUT2D eigenvalue weighted by Gasteiger charge is 2.14. The first-order valence-corrected chi connectivity index (χ1v) is 6.78. The van der Waals surface area contributed by atoms with E-state index in [9.17, 15) is 4.79 Å². The summed E-state index contributed by atoms with van der Waals surface area (Å²) in [6.07, 6.45) is -0.703. The van der Waals surface area contributed by atoms with Gasteiger partial charge in [0, 0.05) is 10.8 Å². The number of hydrogen-bond acceptors (Lipinski definition) is 3. The fourth-order valence-electron chi connectivity index (χ4n) is 2.53. The minimum Gasteiger partial charge on any atom is -0.437 e. The van der Waals surface area contributed by atoms with Gasteiger partial charge in [0.2, 0.25) is 0 Å². The molecule has 21 heavy (non-hydrogen) atoms. The summed E-state index contributed by atoms with van der Waals surface area (Å²) in [6, 6.07) is 14.1. The van der Waals surface area contributed by atoms with E-state index >= 15 is 0 Å². The van der Waals surface area contributed by atoms with E-state index in [0.717, 1.165) is 27.1 Å². The van der Waals surface area contributed by atoms with E-state index < -0.39 is 6.16 Å². The molecule has 0 saturated heterocycles. The largest absolute Gasteiger partial charge is 0.513 e. The fraction of sp³-hybridized carbons (Fsp3) is 0.167. The van der Waals surface area contributed by atoms with Gasteiger partial charge in [-0.2, -0.15) is 0 Å². The SMILES string of the molecule is COC(=O)Oc1c2ccccc2cc2cc(C)c(C)cc12. The molecule has 0 aromatic heterocycles. The predicted molar refractivity (Wildman–Crippen MR) is 84.0 cm³/mol. The summed E-state index contributed by atoms with van der Waals surface area (Å²) < 4.78 is 10.1. The minimum atomic E-state index is -0.703. The maximum atomic E-state index is 11.6. The molecule has 3 aromatic carbocycles. The third kappa shape index (κ3) is 2.31. The van der Waals surface area contributed by atoms with Crippen LogP contribution in [0.3, 0.4) is 0 Å². The lowest BCUT2D eigenvalue weighted by atomic mass is 9.98. The van der Waals surface area contributed by atoms with Crippen LogP contribution in [0.1, 0.15) is 11.1 Å². The Balaban J connectivity index is 2.40. The molecule has 0 fully saturated rings. The molecule has 0 N–H and O–H groups in total. The topological polar surface area (TPSA) is 35.5 Å². The zero-order valence-electron chi connectivity index (χ0n) is 12.3. The van der Waals surface area contributed by atoms with Crippen molar-refractivity contribution in [2.75, 3.05) is 7.11 Å². The number of benzene rings is 3. The molecule has 3 nitrogen and oxygen atoms in total. The molecule has 0 bridgehead atoms. The first kappa shape index (κ1) is 13.4. The van der Waals surface area contributed by atoms with E-state index in [2.05, 4.69) is 29.9 Å². The van der Waals surface area contributed by atoms with E-state index in [1.54, 1.807) is 0 Å². The van der Waals surface area contributed by atoms with Gasteiger partial charge in [-0.05, 0) is 47.9 Å². The van der Waals surface area contributed by atoms with Gasteiger partial charge in [-0.1, -0.05) is 30.3 Å². The number of hydrogen-bond donors (Lipinski definition) is 0. The lowest BCUT2D eigenvalue weighted by Gasteiger charge is -2.12. The van der Waals surface area contributed by atoms with Gasteiger partial charge in [0.1, 0.15) is 5.75 Å². The van der Waals surface area contributed by atoms with Crippen LogP contribution in [-0.4, -0.2) is 13.3 Å². The quantitative estimate of drug-likeness (QED) is 0.366. The summed E-state index contributed by atoms with van der Waals surface area (Å²) in [6.45, 7) is 4.12. The van der Waals surface area contributed by atoms with E-state index in [1.807, 2.05) is 31.2 Å². The van der Waals surface area contributed by atoms with Crippen molar-refractivity contribution >= 4 is 27.7 Å². The lowest BCUT2D eigenvalue weighted by molar-refractivity contribution is 0.122. The molecule has 3 heteroatoms. The minimum absolute atomic E-state index is 0.554. The summed E-state index contributed by atoms with van der Waals surface area (Å²) in [4.78, 5) is 11.6. The first-order chi connectivity index (χ1) is 10.1. The van der Waals surface area contributed by atoms with Crippen molar-refractivity contribution in [1.29, 1.82) is 0 Å². The monoisotopic (exact) mass is 280 g/mol. The van der Waals surface area contributed by atoms with Crippen LogP contribution in [0.2, 0.25) is 0 Å². The molecule has 0 unspecified atom stereocenters. The molecular formula is C18H16O3. The summed E-state index contributed by atoms with van der Waals surface area (Å²) in [5.41, 5.74) is 2.37. The van der Waals surface area contributed by atoms with E-state index in [0.29, 0.717) is 5.75 Å². The third-order valence-electron chi connectivity index (χ3n) is 3.78. The molecule has 3 aromatic rings. The lowest BCUT2D eigenvalue weighted by Crippen LogP contribution is -2.08. The van der Waals surface area contributed by atoms with Gasteiger partial charge in [0.05, 0.1) is 7.11 Å². The van der Waals surface area contributed by atoms with Gasteiger partial charge in [-0.25, -0.2) is 4.79 Å². The molecule has 0 aliphatic heterocycles. The van der Waals surface area contributed by atoms with E-state index in [-0.39, 0.29) is 0 Å². The summed E-state index contributed by atoms with van der Waals surface area (Å²) in [5.74, 6) is 0.554. The van der Waals surface area contributed by atoms with Crippen LogP contribution in [0.4, 0.5) is 4.79 Å². The van der Waals surface area contributed by atoms with Crippen LogP contribution >= 0.6 is 0 Å². The molecule has 0 amide bonds. The first-order valence-electron chi connectivity index (χ1n) is 6.78. The smallest absolute Gasteiger partial charge is 0.437 e. The molecule has 106 valence electrons. The molecular weight excluding hydrogens is 264 g/mol. The molecule has 0 heterocycles. The highest BCUT2D eigenvalue weighted by molar-refractivity contribution is 6.06. The van der Waals surface area contributed by atoms with Crippen molar-refractivity contribution in [3.8, 4) is 5.75 Å². The van der Waals surface area contributed by atoms with Crippen molar-refractivity contribution in [2.45, 2.75) is 13.8 Å². The Morgan fingerprint density at radius 2 is 1.62 bits per heavy atom. The zero-order chi connectivity index (χ0) is 15.0. The molecule has 0 aliphatic rings. The van der Waals surface area contributed by atoms with Gasteiger partial charge in [0.15, 0.2) is 0 Å². The van der Waals surface area contributed by atoms with Crippen molar-refractivity contribution in [1.82, 2.24) is 0 Å². The molecule has 0 spiro atoms. The molecule has 3 rings (SSSR count). The number of carbonyl (C=O) groups excluding carboxylic acids is 1. The Morgan fingerprint density at radius 3 is 2.38 bits per heavy atom. The Morgan fingerprint density at radius 1 is 0.905 bits per heavy atom. The van der Waals surface area contributed by atoms with Crippen LogP contribution < -0.4 is 4.74 Å². The Labute approximate surface area is 123 Å².